The molecule has 0 spiro atoms. The number of hydrogen-bond acceptors (Lipinski definition) is 1. The molecule has 0 aliphatic carbocycles. The molecule has 0 N–H and O–H groups in total. The first-order valence-electron chi connectivity index (χ1n) is 9.40. The van der Waals surface area contributed by atoms with Crippen molar-refractivity contribution in [2.24, 2.45) is 0 Å². The minimum Gasteiger partial charge on any atom is -0.339 e. The predicted molar refractivity (Wildman–Crippen MR) is 105 cm³/mol. The van der Waals surface area contributed by atoms with Crippen LogP contribution in [0.2, 0.25) is 5.02 Å². The Hall–Kier alpha value is -1.28. The van der Waals surface area contributed by atoms with Crippen molar-refractivity contribution in [3.05, 3.63) is 40.9 Å². The molecule has 1 aromatic carbocycles. The van der Waals surface area contributed by atoms with Gasteiger partial charge in [-0.25, -0.2) is 0 Å². The molecule has 2 nitrogen and oxygen atoms in total. The minimum absolute atomic E-state index is 0.114. The Labute approximate surface area is 152 Å². The summed E-state index contributed by atoms with van der Waals surface area (Å²) in [5, 5.41) is 0.695. The van der Waals surface area contributed by atoms with Crippen molar-refractivity contribution in [2.45, 2.75) is 65.2 Å². The van der Waals surface area contributed by atoms with E-state index in [2.05, 4.69) is 13.8 Å². The highest BCUT2D eigenvalue weighted by Crippen LogP contribution is 2.12. The highest BCUT2D eigenvalue weighted by atomic mass is 35.5. The molecule has 1 aromatic rings. The fraction of sp³-hybridized carbons (Fsp3) is 0.571. The van der Waals surface area contributed by atoms with Crippen molar-refractivity contribution in [2.75, 3.05) is 13.1 Å². The monoisotopic (exact) mass is 349 g/mol. The molecule has 0 fully saturated rings. The lowest BCUT2D eigenvalue weighted by Gasteiger charge is -2.21. The van der Waals surface area contributed by atoms with E-state index in [4.69, 9.17) is 11.6 Å². The van der Waals surface area contributed by atoms with Crippen molar-refractivity contribution < 1.29 is 4.79 Å². The van der Waals surface area contributed by atoms with Crippen LogP contribution >= 0.6 is 11.6 Å². The van der Waals surface area contributed by atoms with Crippen molar-refractivity contribution in [1.29, 1.82) is 0 Å². The molecule has 0 aliphatic heterocycles. The summed E-state index contributed by atoms with van der Waals surface area (Å²) in [6, 6.07) is 7.58. The number of unbranched alkanes of at least 4 members (excludes halogenated alkanes) is 6. The number of carbonyl (C=O) groups excluding carboxylic acids is 1. The Kier molecular flexibility index (Phi) is 11.3. The molecule has 0 aliphatic rings. The summed E-state index contributed by atoms with van der Waals surface area (Å²) in [7, 11) is 0. The quantitative estimate of drug-likeness (QED) is 0.318. The summed E-state index contributed by atoms with van der Waals surface area (Å²) in [4.78, 5) is 14.5. The van der Waals surface area contributed by atoms with E-state index in [0.717, 1.165) is 31.5 Å². The zero-order valence-electron chi connectivity index (χ0n) is 15.3. The maximum atomic E-state index is 12.5. The standard InChI is InChI=1S/C21H32ClNO/c1-3-5-7-9-16-23(17-10-8-6-4-2)21(24)15-14-19-12-11-13-20(22)18-19/h11-15,18H,3-10,16-17H2,1-2H3. The maximum Gasteiger partial charge on any atom is 0.246 e. The fourth-order valence-electron chi connectivity index (χ4n) is 2.67. The van der Waals surface area contributed by atoms with Crippen LogP contribution in [-0.2, 0) is 4.79 Å². The van der Waals surface area contributed by atoms with E-state index >= 15 is 0 Å². The van der Waals surface area contributed by atoms with Crippen LogP contribution in [0.25, 0.3) is 6.08 Å². The number of benzene rings is 1. The van der Waals surface area contributed by atoms with E-state index in [-0.39, 0.29) is 5.91 Å². The molecule has 0 saturated heterocycles. The van der Waals surface area contributed by atoms with Gasteiger partial charge < -0.3 is 4.90 Å². The van der Waals surface area contributed by atoms with E-state index in [1.54, 1.807) is 6.08 Å². The van der Waals surface area contributed by atoms with E-state index in [9.17, 15) is 4.79 Å². The van der Waals surface area contributed by atoms with Crippen LogP contribution in [0.3, 0.4) is 0 Å². The SMILES string of the molecule is CCCCCCN(CCCCCC)C(=O)C=Cc1cccc(Cl)c1. The number of amides is 1. The fourth-order valence-corrected chi connectivity index (χ4v) is 2.87. The molecular weight excluding hydrogens is 318 g/mol. The van der Waals surface area contributed by atoms with Gasteiger partial charge in [-0.2, -0.15) is 0 Å². The highest BCUT2D eigenvalue weighted by Gasteiger charge is 2.09. The molecule has 0 atom stereocenters. The zero-order chi connectivity index (χ0) is 17.6. The number of nitrogens with zero attached hydrogens (tertiary/aromatic N) is 1. The van der Waals surface area contributed by atoms with Gasteiger partial charge in [0.25, 0.3) is 0 Å². The Morgan fingerprint density at radius 2 is 1.62 bits per heavy atom. The first-order chi connectivity index (χ1) is 11.7. The van der Waals surface area contributed by atoms with Crippen LogP contribution in [0.5, 0.6) is 0 Å². The third-order valence-corrected chi connectivity index (χ3v) is 4.38. The molecule has 0 saturated carbocycles. The van der Waals surface area contributed by atoms with Crippen molar-refractivity contribution >= 4 is 23.6 Å². The van der Waals surface area contributed by atoms with Crippen LogP contribution < -0.4 is 0 Å². The van der Waals surface area contributed by atoms with Crippen molar-refractivity contribution in [1.82, 2.24) is 4.90 Å². The van der Waals surface area contributed by atoms with Crippen LogP contribution in [0.1, 0.15) is 70.8 Å². The molecule has 0 bridgehead atoms. The summed E-state index contributed by atoms with van der Waals surface area (Å²) in [6.45, 7) is 6.15. The van der Waals surface area contributed by atoms with E-state index in [1.165, 1.54) is 38.5 Å². The molecular formula is C21H32ClNO. The lowest BCUT2D eigenvalue weighted by molar-refractivity contribution is -0.126. The third kappa shape index (κ3) is 9.12. The molecule has 134 valence electrons. The number of rotatable bonds is 12. The summed E-state index contributed by atoms with van der Waals surface area (Å²) in [5.74, 6) is 0.114. The number of halogens is 1. The molecule has 0 unspecified atom stereocenters. The second-order valence-corrected chi connectivity index (χ2v) is 6.77. The van der Waals surface area contributed by atoms with Crippen molar-refractivity contribution in [3.8, 4) is 0 Å². The second-order valence-electron chi connectivity index (χ2n) is 6.33. The highest BCUT2D eigenvalue weighted by molar-refractivity contribution is 6.30. The number of carbonyl (C=O) groups is 1. The van der Waals surface area contributed by atoms with Gasteiger partial charge in [-0.15, -0.1) is 0 Å². The normalized spacial score (nSPS) is 11.1. The smallest absolute Gasteiger partial charge is 0.246 e. The van der Waals surface area contributed by atoms with Gasteiger partial charge in [0.05, 0.1) is 0 Å². The molecule has 0 radical (unpaired) electrons. The molecule has 24 heavy (non-hydrogen) atoms. The minimum atomic E-state index is 0.114. The average molecular weight is 350 g/mol. The Balaban J connectivity index is 2.56. The van der Waals surface area contributed by atoms with Gasteiger partial charge in [-0.05, 0) is 36.6 Å². The Bertz CT molecular complexity index is 486. The lowest BCUT2D eigenvalue weighted by atomic mass is 10.1. The van der Waals surface area contributed by atoms with Gasteiger partial charge in [-0.1, -0.05) is 76.1 Å². The van der Waals surface area contributed by atoms with E-state index < -0.39 is 0 Å². The summed E-state index contributed by atoms with van der Waals surface area (Å²) < 4.78 is 0. The Morgan fingerprint density at radius 1 is 1.00 bits per heavy atom. The average Bonchev–Trinajstić information content (AvgIpc) is 2.58. The first-order valence-corrected chi connectivity index (χ1v) is 9.77. The van der Waals surface area contributed by atoms with Crippen LogP contribution in [0.4, 0.5) is 0 Å². The summed E-state index contributed by atoms with van der Waals surface area (Å²) >= 11 is 5.99. The van der Waals surface area contributed by atoms with Gasteiger partial charge >= 0.3 is 0 Å². The maximum absolute atomic E-state index is 12.5. The van der Waals surface area contributed by atoms with Gasteiger partial charge in [0.2, 0.25) is 5.91 Å². The first kappa shape index (κ1) is 20.8. The molecule has 1 amide bonds. The molecule has 0 heterocycles. The second kappa shape index (κ2) is 13.1. The third-order valence-electron chi connectivity index (χ3n) is 4.14. The lowest BCUT2D eigenvalue weighted by Crippen LogP contribution is -2.31. The van der Waals surface area contributed by atoms with Crippen LogP contribution in [0, 0.1) is 0 Å². The van der Waals surface area contributed by atoms with Crippen LogP contribution in [-0.4, -0.2) is 23.9 Å². The molecule has 1 rings (SSSR count). The zero-order valence-corrected chi connectivity index (χ0v) is 16.0. The van der Waals surface area contributed by atoms with E-state index in [0.29, 0.717) is 5.02 Å². The largest absolute Gasteiger partial charge is 0.339 e. The summed E-state index contributed by atoms with van der Waals surface area (Å²) in [5.41, 5.74) is 0.966. The molecule has 0 aromatic heterocycles. The predicted octanol–water partition coefficient (Wildman–Crippen LogP) is 6.34. The van der Waals surface area contributed by atoms with Gasteiger partial charge in [-0.3, -0.25) is 4.79 Å². The van der Waals surface area contributed by atoms with Crippen LogP contribution in [0.15, 0.2) is 30.3 Å². The topological polar surface area (TPSA) is 20.3 Å². The number of hydrogen-bond donors (Lipinski definition) is 0. The van der Waals surface area contributed by atoms with Gasteiger partial charge in [0, 0.05) is 24.2 Å². The Morgan fingerprint density at radius 3 is 2.17 bits per heavy atom. The van der Waals surface area contributed by atoms with E-state index in [1.807, 2.05) is 35.2 Å². The van der Waals surface area contributed by atoms with Gasteiger partial charge in [0.1, 0.15) is 0 Å². The molecule has 3 heteroatoms. The summed E-state index contributed by atoms with van der Waals surface area (Å²) in [6.07, 6.45) is 13.1. The van der Waals surface area contributed by atoms with Crippen molar-refractivity contribution in [3.63, 3.8) is 0 Å². The van der Waals surface area contributed by atoms with Gasteiger partial charge in [0.15, 0.2) is 0 Å².